The number of carbonyl (C=O) groups is 2. The van der Waals surface area contributed by atoms with Crippen LogP contribution in [-0.2, 0) is 9.53 Å². The smallest absolute Gasteiger partial charge is 0.315 e. The second-order valence-corrected chi connectivity index (χ2v) is 6.31. The van der Waals surface area contributed by atoms with Gasteiger partial charge in [0.25, 0.3) is 0 Å². The van der Waals surface area contributed by atoms with Crippen LogP contribution in [0.2, 0.25) is 0 Å². The molecular formula is C13H22N2O4. The molecule has 0 aromatic heterocycles. The Morgan fingerprint density at radius 1 is 1.26 bits per heavy atom. The fourth-order valence-corrected chi connectivity index (χ4v) is 2.89. The van der Waals surface area contributed by atoms with Crippen molar-refractivity contribution < 1.29 is 19.4 Å². The van der Waals surface area contributed by atoms with Gasteiger partial charge in [0.1, 0.15) is 5.92 Å². The predicted molar refractivity (Wildman–Crippen MR) is 68.8 cm³/mol. The van der Waals surface area contributed by atoms with Gasteiger partial charge in [-0.05, 0) is 24.7 Å². The number of urea groups is 1. The third kappa shape index (κ3) is 3.59. The molecule has 1 heterocycles. The van der Waals surface area contributed by atoms with Crippen molar-refractivity contribution in [1.82, 2.24) is 10.6 Å². The van der Waals surface area contributed by atoms with E-state index in [9.17, 15) is 9.59 Å². The third-order valence-electron chi connectivity index (χ3n) is 4.02. The largest absolute Gasteiger partial charge is 0.481 e. The second-order valence-electron chi connectivity index (χ2n) is 6.31. The molecule has 3 unspecified atom stereocenters. The highest BCUT2D eigenvalue weighted by Gasteiger charge is 2.36. The van der Waals surface area contributed by atoms with Crippen LogP contribution in [0.3, 0.4) is 0 Å². The molecule has 2 rings (SSSR count). The van der Waals surface area contributed by atoms with Crippen molar-refractivity contribution in [3.05, 3.63) is 0 Å². The van der Waals surface area contributed by atoms with Crippen LogP contribution in [-0.4, -0.2) is 42.4 Å². The van der Waals surface area contributed by atoms with Crippen molar-refractivity contribution in [3.8, 4) is 0 Å². The molecule has 1 aliphatic heterocycles. The first kappa shape index (κ1) is 14.1. The molecule has 2 amide bonds. The molecule has 0 aromatic carbocycles. The van der Waals surface area contributed by atoms with Gasteiger partial charge in [0.05, 0.1) is 19.3 Å². The number of nitrogens with one attached hydrogen (secondary N) is 2. The minimum absolute atomic E-state index is 0.163. The Kier molecular flexibility index (Phi) is 3.99. The number of carbonyl (C=O) groups excluding carboxylic acids is 1. The average molecular weight is 270 g/mol. The predicted octanol–water partition coefficient (Wildman–Crippen LogP) is 0.964. The molecule has 0 spiro atoms. The van der Waals surface area contributed by atoms with E-state index in [1.807, 2.05) is 0 Å². The first-order valence-electron chi connectivity index (χ1n) is 6.75. The monoisotopic (exact) mass is 270 g/mol. The van der Waals surface area contributed by atoms with E-state index in [2.05, 4.69) is 24.5 Å². The summed E-state index contributed by atoms with van der Waals surface area (Å²) in [6, 6.07) is -0.544. The number of carboxylic acid groups (broad SMARTS) is 1. The first-order chi connectivity index (χ1) is 8.87. The maximum atomic E-state index is 11.9. The molecule has 2 fully saturated rings. The number of carboxylic acids is 1. The first-order valence-corrected chi connectivity index (χ1v) is 6.75. The van der Waals surface area contributed by atoms with Crippen LogP contribution in [0.25, 0.3) is 0 Å². The highest BCUT2D eigenvalue weighted by molar-refractivity contribution is 5.77. The van der Waals surface area contributed by atoms with Gasteiger partial charge in [0, 0.05) is 6.04 Å². The molecule has 3 N–H and O–H groups in total. The van der Waals surface area contributed by atoms with Gasteiger partial charge in [-0.2, -0.15) is 0 Å². The number of hydrogen-bond acceptors (Lipinski definition) is 3. The average Bonchev–Trinajstić information content (AvgIpc) is 2.85. The Bertz CT molecular complexity index is 370. The van der Waals surface area contributed by atoms with Crippen molar-refractivity contribution >= 4 is 12.0 Å². The number of aliphatic carboxylic acids is 1. The maximum absolute atomic E-state index is 11.9. The van der Waals surface area contributed by atoms with Crippen LogP contribution in [0.5, 0.6) is 0 Å². The van der Waals surface area contributed by atoms with Crippen LogP contribution in [0.1, 0.15) is 33.1 Å². The van der Waals surface area contributed by atoms with Gasteiger partial charge in [0.15, 0.2) is 0 Å². The van der Waals surface area contributed by atoms with Crippen LogP contribution in [0.15, 0.2) is 0 Å². The Morgan fingerprint density at radius 3 is 2.58 bits per heavy atom. The van der Waals surface area contributed by atoms with Crippen molar-refractivity contribution in [1.29, 1.82) is 0 Å². The topological polar surface area (TPSA) is 87.7 Å². The molecule has 1 saturated carbocycles. The van der Waals surface area contributed by atoms with Gasteiger partial charge in [-0.3, -0.25) is 4.79 Å². The molecule has 0 bridgehead atoms. The molecule has 108 valence electrons. The lowest BCUT2D eigenvalue weighted by atomic mass is 9.92. The van der Waals surface area contributed by atoms with Gasteiger partial charge in [0.2, 0.25) is 0 Å². The highest BCUT2D eigenvalue weighted by atomic mass is 16.5. The van der Waals surface area contributed by atoms with Crippen LogP contribution in [0.4, 0.5) is 4.79 Å². The molecule has 0 aromatic rings. The molecule has 6 nitrogen and oxygen atoms in total. The number of amides is 2. The summed E-state index contributed by atoms with van der Waals surface area (Å²) in [5.74, 6) is -1.57. The summed E-state index contributed by atoms with van der Waals surface area (Å²) in [5.41, 5.74) is 0.276. The highest BCUT2D eigenvalue weighted by Crippen LogP contribution is 2.36. The number of rotatable bonds is 3. The van der Waals surface area contributed by atoms with Crippen molar-refractivity contribution in [2.75, 3.05) is 13.2 Å². The van der Waals surface area contributed by atoms with E-state index >= 15 is 0 Å². The summed E-state index contributed by atoms with van der Waals surface area (Å²) in [7, 11) is 0. The lowest BCUT2D eigenvalue weighted by molar-refractivity contribution is -0.142. The van der Waals surface area contributed by atoms with Gasteiger partial charge in [-0.25, -0.2) is 4.79 Å². The Balaban J connectivity index is 1.80. The van der Waals surface area contributed by atoms with E-state index in [4.69, 9.17) is 9.84 Å². The minimum atomic E-state index is -0.926. The second kappa shape index (κ2) is 5.36. The van der Waals surface area contributed by atoms with Gasteiger partial charge in [-0.15, -0.1) is 0 Å². The normalized spacial score (nSPS) is 33.1. The summed E-state index contributed by atoms with van der Waals surface area (Å²) >= 11 is 0. The van der Waals surface area contributed by atoms with Gasteiger partial charge in [-0.1, -0.05) is 13.8 Å². The Hall–Kier alpha value is -1.30. The zero-order valence-electron chi connectivity index (χ0n) is 11.4. The van der Waals surface area contributed by atoms with E-state index in [1.54, 1.807) is 0 Å². The third-order valence-corrected chi connectivity index (χ3v) is 4.02. The van der Waals surface area contributed by atoms with Crippen LogP contribution < -0.4 is 10.6 Å². The van der Waals surface area contributed by atoms with Crippen molar-refractivity contribution in [3.63, 3.8) is 0 Å². The molecule has 2 aliphatic rings. The molecule has 3 atom stereocenters. The summed E-state index contributed by atoms with van der Waals surface area (Å²) in [4.78, 5) is 22.8. The molecule has 0 radical (unpaired) electrons. The summed E-state index contributed by atoms with van der Waals surface area (Å²) in [5, 5.41) is 14.6. The molecule has 1 aliphatic carbocycles. The lowest BCUT2D eigenvalue weighted by Crippen LogP contribution is -2.49. The van der Waals surface area contributed by atoms with Crippen molar-refractivity contribution in [2.24, 2.45) is 11.3 Å². The zero-order valence-corrected chi connectivity index (χ0v) is 11.4. The fraction of sp³-hybridized carbons (Fsp3) is 0.846. The fourth-order valence-electron chi connectivity index (χ4n) is 2.89. The molecule has 6 heteroatoms. The van der Waals surface area contributed by atoms with E-state index in [0.29, 0.717) is 0 Å². The quantitative estimate of drug-likeness (QED) is 0.713. The molecule has 19 heavy (non-hydrogen) atoms. The number of ether oxygens (including phenoxy) is 1. The van der Waals surface area contributed by atoms with Crippen LogP contribution >= 0.6 is 0 Å². The van der Waals surface area contributed by atoms with E-state index in [0.717, 1.165) is 19.3 Å². The minimum Gasteiger partial charge on any atom is -0.481 e. The maximum Gasteiger partial charge on any atom is 0.315 e. The molecule has 1 saturated heterocycles. The number of hydrogen-bond donors (Lipinski definition) is 3. The van der Waals surface area contributed by atoms with E-state index < -0.39 is 17.9 Å². The zero-order chi connectivity index (χ0) is 14.0. The molecular weight excluding hydrogens is 248 g/mol. The van der Waals surface area contributed by atoms with Gasteiger partial charge < -0.3 is 20.5 Å². The van der Waals surface area contributed by atoms with E-state index in [-0.39, 0.29) is 30.7 Å². The van der Waals surface area contributed by atoms with E-state index in [1.165, 1.54) is 0 Å². The Labute approximate surface area is 112 Å². The SMILES string of the molecule is CC1(C)CCC(NC(=O)NC2COCC2C(=O)O)C1. The summed E-state index contributed by atoms with van der Waals surface area (Å²) in [6.45, 7) is 4.81. The van der Waals surface area contributed by atoms with Gasteiger partial charge >= 0.3 is 12.0 Å². The Morgan fingerprint density at radius 2 is 2.00 bits per heavy atom. The van der Waals surface area contributed by atoms with Crippen molar-refractivity contribution in [2.45, 2.75) is 45.2 Å². The lowest BCUT2D eigenvalue weighted by Gasteiger charge is -2.20. The summed E-state index contributed by atoms with van der Waals surface area (Å²) < 4.78 is 5.11. The summed E-state index contributed by atoms with van der Waals surface area (Å²) in [6.07, 6.45) is 3.04. The van der Waals surface area contributed by atoms with Crippen LogP contribution in [0, 0.1) is 11.3 Å². The standard InChI is InChI=1S/C13H22N2O4/c1-13(2)4-3-8(5-13)14-12(18)15-10-7-19-6-9(10)11(16)17/h8-10H,3-7H2,1-2H3,(H,16,17)(H2,14,15,18).